The topological polar surface area (TPSA) is 48.0 Å². The molecule has 108 valence electrons. The van der Waals surface area contributed by atoms with E-state index in [1.54, 1.807) is 0 Å². The number of carbonyl (C=O) groups excluding carboxylic acids is 1. The molecule has 0 aliphatic rings. The summed E-state index contributed by atoms with van der Waals surface area (Å²) in [6.45, 7) is 11.2. The first-order valence-corrected chi connectivity index (χ1v) is 7.42. The molecule has 0 fully saturated rings. The molecule has 0 atom stereocenters. The molecule has 0 heterocycles. The molecular formula is C12H26NO4P. The normalized spacial score (nSPS) is 12.2. The maximum atomic E-state index is 11.6. The summed E-state index contributed by atoms with van der Waals surface area (Å²) in [5, 5.41) is 0. The zero-order valence-corrected chi connectivity index (χ0v) is 13.3. The summed E-state index contributed by atoms with van der Waals surface area (Å²) in [4.78, 5) is 11.6. The quantitative estimate of drug-likeness (QED) is 0.505. The van der Waals surface area contributed by atoms with Crippen molar-refractivity contribution < 1.29 is 18.6 Å². The zero-order valence-electron chi connectivity index (χ0n) is 12.4. The van der Waals surface area contributed by atoms with Crippen LogP contribution in [0.25, 0.3) is 0 Å². The van der Waals surface area contributed by atoms with Gasteiger partial charge in [-0.3, -0.25) is 4.79 Å². The van der Waals surface area contributed by atoms with E-state index in [1.807, 2.05) is 46.3 Å². The fraction of sp³-hybridized carbons (Fsp3) is 0.917. The smallest absolute Gasteiger partial charge is 0.307 e. The van der Waals surface area contributed by atoms with Crippen molar-refractivity contribution in [2.45, 2.75) is 46.6 Å². The predicted molar refractivity (Wildman–Crippen MR) is 73.3 cm³/mol. The predicted octanol–water partition coefficient (Wildman–Crippen LogP) is 2.95. The van der Waals surface area contributed by atoms with Crippen LogP contribution in [0.4, 0.5) is 0 Å². The van der Waals surface area contributed by atoms with Crippen LogP contribution in [0, 0.1) is 0 Å². The number of nitrogens with zero attached hydrogens (tertiary/aromatic N) is 1. The molecule has 0 N–H and O–H groups in total. The molecule has 0 bridgehead atoms. The second kappa shape index (κ2) is 8.81. The second-order valence-corrected chi connectivity index (χ2v) is 6.47. The highest BCUT2D eigenvalue weighted by atomic mass is 31.2. The van der Waals surface area contributed by atoms with Crippen molar-refractivity contribution in [3.8, 4) is 0 Å². The van der Waals surface area contributed by atoms with E-state index in [4.69, 9.17) is 13.8 Å². The average molecular weight is 279 g/mol. The first kappa shape index (κ1) is 17.8. The lowest BCUT2D eigenvalue weighted by atomic mass is 10.2. The molecule has 18 heavy (non-hydrogen) atoms. The Hall–Kier alpha value is -0.220. The van der Waals surface area contributed by atoms with E-state index in [0.29, 0.717) is 26.2 Å². The fourth-order valence-corrected chi connectivity index (χ4v) is 2.36. The Kier molecular flexibility index (Phi) is 8.70. The summed E-state index contributed by atoms with van der Waals surface area (Å²) in [7, 11) is 0.830. The number of carbonyl (C=O) groups is 1. The number of esters is 1. The summed E-state index contributed by atoms with van der Waals surface area (Å²) in [5.74, 6) is -0.197. The average Bonchev–Trinajstić information content (AvgIpc) is 2.23. The van der Waals surface area contributed by atoms with Gasteiger partial charge in [0.25, 0.3) is 8.53 Å². The van der Waals surface area contributed by atoms with Crippen LogP contribution in [0.5, 0.6) is 0 Å². The lowest BCUT2D eigenvalue weighted by Gasteiger charge is -2.25. The summed E-state index contributed by atoms with van der Waals surface area (Å²) in [5.41, 5.74) is -0.430. The molecule has 0 saturated heterocycles. The second-order valence-electron chi connectivity index (χ2n) is 4.79. The van der Waals surface area contributed by atoms with E-state index < -0.39 is 14.1 Å². The summed E-state index contributed by atoms with van der Waals surface area (Å²) >= 11 is 0. The molecule has 6 heteroatoms. The lowest BCUT2D eigenvalue weighted by Crippen LogP contribution is -2.26. The Morgan fingerprint density at radius 3 is 2.06 bits per heavy atom. The molecule has 0 saturated carbocycles. The number of hydrogen-bond acceptors (Lipinski definition) is 5. The molecule has 0 amide bonds. The minimum absolute atomic E-state index is 0.197. The number of hydrogen-bond donors (Lipinski definition) is 0. The van der Waals surface area contributed by atoms with Crippen molar-refractivity contribution in [2.75, 3.05) is 26.8 Å². The van der Waals surface area contributed by atoms with Gasteiger partial charge in [-0.05, 0) is 41.7 Å². The van der Waals surface area contributed by atoms with Gasteiger partial charge in [-0.15, -0.1) is 0 Å². The first-order valence-electron chi connectivity index (χ1n) is 6.29. The van der Waals surface area contributed by atoms with E-state index >= 15 is 0 Å². The van der Waals surface area contributed by atoms with Crippen molar-refractivity contribution in [1.82, 2.24) is 4.67 Å². The Morgan fingerprint density at radius 1 is 1.17 bits per heavy atom. The van der Waals surface area contributed by atoms with Crippen LogP contribution in [0.1, 0.15) is 41.0 Å². The molecule has 0 rings (SSSR count). The maximum Gasteiger partial charge on any atom is 0.307 e. The van der Waals surface area contributed by atoms with Crippen molar-refractivity contribution >= 4 is 14.5 Å². The van der Waals surface area contributed by atoms with Gasteiger partial charge in [0.1, 0.15) is 5.60 Å². The highest BCUT2D eigenvalue weighted by molar-refractivity contribution is 7.44. The van der Waals surface area contributed by atoms with E-state index in [2.05, 4.69) is 0 Å². The zero-order chi connectivity index (χ0) is 14.2. The Bertz CT molecular complexity index is 237. The minimum atomic E-state index is -1.06. The monoisotopic (exact) mass is 279 g/mol. The minimum Gasteiger partial charge on any atom is -0.460 e. The number of rotatable bonds is 8. The van der Waals surface area contributed by atoms with Gasteiger partial charge in [-0.25, -0.2) is 4.67 Å². The highest BCUT2D eigenvalue weighted by Gasteiger charge is 2.20. The molecule has 0 spiro atoms. The van der Waals surface area contributed by atoms with Crippen molar-refractivity contribution in [2.24, 2.45) is 0 Å². The summed E-state index contributed by atoms with van der Waals surface area (Å²) in [6, 6.07) is 0. The van der Waals surface area contributed by atoms with Crippen LogP contribution in [0.2, 0.25) is 0 Å². The first-order chi connectivity index (χ1) is 8.30. The molecule has 0 aromatic carbocycles. The number of ether oxygens (including phenoxy) is 1. The van der Waals surface area contributed by atoms with Gasteiger partial charge in [0.05, 0.1) is 19.6 Å². The van der Waals surface area contributed by atoms with E-state index in [1.165, 1.54) is 0 Å². The highest BCUT2D eigenvalue weighted by Crippen LogP contribution is 2.41. The van der Waals surface area contributed by atoms with Gasteiger partial charge in [-0.1, -0.05) is 0 Å². The third kappa shape index (κ3) is 8.81. The van der Waals surface area contributed by atoms with Gasteiger partial charge in [0.2, 0.25) is 0 Å². The van der Waals surface area contributed by atoms with Crippen molar-refractivity contribution in [1.29, 1.82) is 0 Å². The third-order valence-corrected chi connectivity index (χ3v) is 3.53. The van der Waals surface area contributed by atoms with Gasteiger partial charge in [0.15, 0.2) is 0 Å². The molecule has 0 aliphatic heterocycles. The van der Waals surface area contributed by atoms with Gasteiger partial charge < -0.3 is 13.8 Å². The SMILES string of the molecule is CCOP(OCC)N(C)CCC(=O)OC(C)(C)C. The molecule has 0 aliphatic carbocycles. The van der Waals surface area contributed by atoms with Crippen LogP contribution >= 0.6 is 8.53 Å². The fourth-order valence-electron chi connectivity index (χ4n) is 1.18. The van der Waals surface area contributed by atoms with E-state index in [0.717, 1.165) is 0 Å². The molecule has 0 unspecified atom stereocenters. The van der Waals surface area contributed by atoms with Crippen molar-refractivity contribution in [3.05, 3.63) is 0 Å². The van der Waals surface area contributed by atoms with Crippen LogP contribution < -0.4 is 0 Å². The largest absolute Gasteiger partial charge is 0.460 e. The standard InChI is InChI=1S/C12H26NO4P/c1-7-15-18(16-8-2)13(6)10-9-11(14)17-12(3,4)5/h7-10H2,1-6H3. The lowest BCUT2D eigenvalue weighted by molar-refractivity contribution is -0.154. The van der Waals surface area contributed by atoms with Gasteiger partial charge in [-0.2, -0.15) is 0 Å². The van der Waals surface area contributed by atoms with Gasteiger partial charge in [0, 0.05) is 6.54 Å². The van der Waals surface area contributed by atoms with Gasteiger partial charge >= 0.3 is 5.97 Å². The van der Waals surface area contributed by atoms with Crippen molar-refractivity contribution in [3.63, 3.8) is 0 Å². The maximum absolute atomic E-state index is 11.6. The molecule has 5 nitrogen and oxygen atoms in total. The van der Waals surface area contributed by atoms with E-state index in [9.17, 15) is 4.79 Å². The van der Waals surface area contributed by atoms with Crippen LogP contribution in [0.15, 0.2) is 0 Å². The molecular weight excluding hydrogens is 253 g/mol. The molecule has 0 aromatic rings. The molecule has 0 radical (unpaired) electrons. The van der Waals surface area contributed by atoms with E-state index in [-0.39, 0.29) is 5.97 Å². The third-order valence-electron chi connectivity index (χ3n) is 1.82. The summed E-state index contributed by atoms with van der Waals surface area (Å²) in [6.07, 6.45) is 0.340. The summed E-state index contributed by atoms with van der Waals surface area (Å²) < 4.78 is 18.2. The Labute approximate surface area is 112 Å². The van der Waals surface area contributed by atoms with Crippen LogP contribution in [0.3, 0.4) is 0 Å². The Balaban J connectivity index is 4.05. The van der Waals surface area contributed by atoms with Crippen LogP contribution in [-0.4, -0.2) is 43.0 Å². The molecule has 0 aromatic heterocycles. The van der Waals surface area contributed by atoms with Crippen LogP contribution in [-0.2, 0) is 18.6 Å². The Morgan fingerprint density at radius 2 is 1.67 bits per heavy atom.